The Hall–Kier alpha value is -3.58. The molecule has 3 N–H and O–H groups in total. The van der Waals surface area contributed by atoms with Crippen molar-refractivity contribution >= 4 is 23.9 Å². The fourth-order valence-electron chi connectivity index (χ4n) is 9.65. The third-order valence-electron chi connectivity index (χ3n) is 14.6. The van der Waals surface area contributed by atoms with E-state index in [1.807, 2.05) is 0 Å². The topological polar surface area (TPSA) is 175 Å². The Balaban J connectivity index is 2.67. The summed E-state index contributed by atoms with van der Waals surface area (Å²) in [6, 6.07) is 0. The summed E-state index contributed by atoms with van der Waals surface area (Å²) in [5, 5.41) is 31.5. The fraction of sp³-hybridized carbons (Fsp3) is 0.791. The zero-order valence-electron chi connectivity index (χ0n) is 50.4. The molecule has 1 aliphatic heterocycles. The fourth-order valence-corrected chi connectivity index (χ4v) is 9.65. The molecule has 0 aromatic heterocycles. The number of aliphatic hydroxyl groups excluding tert-OH is 2. The molecule has 12 heteroatoms. The van der Waals surface area contributed by atoms with E-state index in [0.29, 0.717) is 25.7 Å². The van der Waals surface area contributed by atoms with E-state index in [2.05, 4.69) is 81.5 Å². The molecule has 1 aliphatic rings. The van der Waals surface area contributed by atoms with E-state index in [9.17, 15) is 34.5 Å². The van der Waals surface area contributed by atoms with Crippen molar-refractivity contribution in [3.05, 3.63) is 60.8 Å². The Morgan fingerprint density at radius 1 is 0.430 bits per heavy atom. The van der Waals surface area contributed by atoms with E-state index in [0.717, 1.165) is 70.6 Å². The van der Waals surface area contributed by atoms with Gasteiger partial charge in [0, 0.05) is 19.3 Å². The second kappa shape index (κ2) is 55.0. The van der Waals surface area contributed by atoms with Gasteiger partial charge in [-0.25, -0.2) is 4.79 Å². The van der Waals surface area contributed by atoms with Crippen molar-refractivity contribution in [2.45, 2.75) is 327 Å². The molecule has 0 amide bonds. The Labute approximate surface area is 481 Å². The number of carboxylic acids is 1. The number of unbranched alkanes of at least 4 members (excludes halogenated alkanes) is 31. The molecule has 1 fully saturated rings. The average Bonchev–Trinajstić information content (AvgIpc) is 3.44. The van der Waals surface area contributed by atoms with Gasteiger partial charge in [0.15, 0.2) is 24.6 Å². The molecule has 1 heterocycles. The van der Waals surface area contributed by atoms with Crippen LogP contribution in [0.3, 0.4) is 0 Å². The van der Waals surface area contributed by atoms with E-state index in [1.165, 1.54) is 154 Å². The van der Waals surface area contributed by atoms with Gasteiger partial charge >= 0.3 is 23.9 Å². The van der Waals surface area contributed by atoms with Gasteiger partial charge in [0.1, 0.15) is 18.8 Å². The lowest BCUT2D eigenvalue weighted by atomic mass is 9.98. The van der Waals surface area contributed by atoms with E-state index in [1.54, 1.807) is 0 Å². The second-order valence-corrected chi connectivity index (χ2v) is 22.0. The highest BCUT2D eigenvalue weighted by molar-refractivity contribution is 5.74. The van der Waals surface area contributed by atoms with E-state index >= 15 is 0 Å². The zero-order chi connectivity index (χ0) is 57.5. The van der Waals surface area contributed by atoms with Gasteiger partial charge in [-0.1, -0.05) is 248 Å². The highest BCUT2D eigenvalue weighted by Crippen LogP contribution is 2.27. The summed E-state index contributed by atoms with van der Waals surface area (Å²) in [5.41, 5.74) is 0. The van der Waals surface area contributed by atoms with Crippen LogP contribution in [0.4, 0.5) is 0 Å². The quantitative estimate of drug-likeness (QED) is 0.0228. The van der Waals surface area contributed by atoms with Crippen LogP contribution in [-0.4, -0.2) is 89.2 Å². The lowest BCUT2D eigenvalue weighted by Gasteiger charge is -2.40. The summed E-state index contributed by atoms with van der Waals surface area (Å²) in [5.74, 6) is -3.15. The number of aliphatic carboxylic acids is 1. The zero-order valence-corrected chi connectivity index (χ0v) is 50.4. The molecule has 0 bridgehead atoms. The van der Waals surface area contributed by atoms with Gasteiger partial charge in [0.2, 0.25) is 0 Å². The smallest absolute Gasteiger partial charge is 0.335 e. The van der Waals surface area contributed by atoms with Gasteiger partial charge < -0.3 is 39.0 Å². The number of hydrogen-bond acceptors (Lipinski definition) is 11. The number of carboxylic acid groups (broad SMARTS) is 1. The van der Waals surface area contributed by atoms with Gasteiger partial charge in [0.05, 0.1) is 6.61 Å². The maximum atomic E-state index is 13.2. The molecule has 79 heavy (non-hydrogen) atoms. The molecule has 0 aromatic rings. The summed E-state index contributed by atoms with van der Waals surface area (Å²) in [7, 11) is 0. The number of esters is 3. The molecule has 456 valence electrons. The summed E-state index contributed by atoms with van der Waals surface area (Å²) in [4.78, 5) is 51.3. The van der Waals surface area contributed by atoms with Crippen LogP contribution in [0.1, 0.15) is 290 Å². The van der Waals surface area contributed by atoms with Crippen LogP contribution < -0.4 is 0 Å². The highest BCUT2D eigenvalue weighted by Gasteiger charge is 2.50. The molecule has 0 spiro atoms. The first kappa shape index (κ1) is 73.4. The van der Waals surface area contributed by atoms with Crippen LogP contribution in [-0.2, 0) is 42.9 Å². The van der Waals surface area contributed by atoms with E-state index in [4.69, 9.17) is 23.7 Å². The Bertz CT molecular complexity index is 1600. The van der Waals surface area contributed by atoms with Crippen LogP contribution in [0.2, 0.25) is 0 Å². The van der Waals surface area contributed by atoms with Crippen molar-refractivity contribution < 1.29 is 58.2 Å². The standard InChI is InChI=1S/C67H116O12/c1-4-7-10-13-16-19-22-25-28-29-30-31-34-35-38-41-44-47-50-53-59(68)75-56-58(77-60(69)54-51-48-45-42-39-36-32-26-23-20-17-14-11-8-5-2)57-76-67-65(63(72)62(71)64(79-67)66(73)74)78-61(70)55-52-49-46-43-40-37-33-27-24-21-18-15-12-9-6-3/h9,12,18,21,25,27-28,33,40,43,58,62-65,67,71-72H,4-8,10-11,13-17,19-20,22-24,26,29-32,34-39,41-42,44-57H2,1-3H3,(H,73,74)/b12-9-,21-18-,28-25-,33-27-,43-40-. The molecule has 1 rings (SSSR count). The average molecular weight is 1110 g/mol. The number of carbonyl (C=O) groups excluding carboxylic acids is 3. The monoisotopic (exact) mass is 1110 g/mol. The summed E-state index contributed by atoms with van der Waals surface area (Å²) >= 11 is 0. The van der Waals surface area contributed by atoms with Crippen molar-refractivity contribution in [3.63, 3.8) is 0 Å². The number of rotatable bonds is 55. The van der Waals surface area contributed by atoms with Crippen molar-refractivity contribution in [2.75, 3.05) is 13.2 Å². The highest BCUT2D eigenvalue weighted by atomic mass is 16.7. The van der Waals surface area contributed by atoms with Crippen molar-refractivity contribution in [1.82, 2.24) is 0 Å². The minimum absolute atomic E-state index is 0.00902. The number of hydrogen-bond donors (Lipinski definition) is 3. The van der Waals surface area contributed by atoms with Gasteiger partial charge in [0.25, 0.3) is 0 Å². The second-order valence-electron chi connectivity index (χ2n) is 22.0. The number of ether oxygens (including phenoxy) is 5. The Morgan fingerprint density at radius 3 is 1.25 bits per heavy atom. The third kappa shape index (κ3) is 44.7. The SMILES string of the molecule is CC/C=C\C/C=C\C/C=C\C/C=C\CCCCC(=O)OC1C(OCC(COC(=O)CCCCCCCCCCC/C=C\CCCCCCCC)OC(=O)CCCCCCCCCCCCCCCCC)OC(C(=O)O)C(O)C1O. The van der Waals surface area contributed by atoms with Gasteiger partial charge in [-0.05, 0) is 83.5 Å². The number of carbonyl (C=O) groups is 4. The molecule has 0 saturated carbocycles. The van der Waals surface area contributed by atoms with Crippen LogP contribution >= 0.6 is 0 Å². The molecular weight excluding hydrogens is 997 g/mol. The van der Waals surface area contributed by atoms with Crippen molar-refractivity contribution in [1.29, 1.82) is 0 Å². The predicted molar refractivity (Wildman–Crippen MR) is 322 cm³/mol. The normalized spacial score (nSPS) is 18.2. The minimum atomic E-state index is -1.92. The minimum Gasteiger partial charge on any atom is -0.479 e. The Morgan fingerprint density at radius 2 is 0.797 bits per heavy atom. The first-order valence-electron chi connectivity index (χ1n) is 32.3. The van der Waals surface area contributed by atoms with Crippen LogP contribution in [0.25, 0.3) is 0 Å². The molecule has 6 atom stereocenters. The maximum Gasteiger partial charge on any atom is 0.335 e. The van der Waals surface area contributed by atoms with Crippen molar-refractivity contribution in [3.8, 4) is 0 Å². The Kier molecular flexibility index (Phi) is 51.1. The molecule has 12 nitrogen and oxygen atoms in total. The summed E-state index contributed by atoms with van der Waals surface area (Å²) in [6.45, 7) is 5.89. The molecular formula is C67H116O12. The summed E-state index contributed by atoms with van der Waals surface area (Å²) < 4.78 is 28.5. The number of aliphatic hydroxyl groups is 2. The largest absolute Gasteiger partial charge is 0.479 e. The third-order valence-corrected chi connectivity index (χ3v) is 14.6. The maximum absolute atomic E-state index is 13.2. The lowest BCUT2D eigenvalue weighted by molar-refractivity contribution is -0.301. The lowest BCUT2D eigenvalue weighted by Crippen LogP contribution is -2.61. The first-order valence-corrected chi connectivity index (χ1v) is 32.3. The number of allylic oxidation sites excluding steroid dienone is 10. The molecule has 0 radical (unpaired) electrons. The van der Waals surface area contributed by atoms with Crippen LogP contribution in [0.5, 0.6) is 0 Å². The summed E-state index contributed by atoms with van der Waals surface area (Å²) in [6.07, 6.45) is 56.1. The first-order chi connectivity index (χ1) is 38.6. The molecule has 0 aliphatic carbocycles. The van der Waals surface area contributed by atoms with Gasteiger partial charge in [-0.3, -0.25) is 14.4 Å². The van der Waals surface area contributed by atoms with Gasteiger partial charge in [-0.15, -0.1) is 0 Å². The van der Waals surface area contributed by atoms with Crippen LogP contribution in [0, 0.1) is 0 Å². The van der Waals surface area contributed by atoms with Crippen molar-refractivity contribution in [2.24, 2.45) is 0 Å². The predicted octanol–water partition coefficient (Wildman–Crippen LogP) is 17.1. The van der Waals surface area contributed by atoms with Crippen LogP contribution in [0.15, 0.2) is 60.8 Å². The van der Waals surface area contributed by atoms with E-state index in [-0.39, 0.29) is 25.9 Å². The van der Waals surface area contributed by atoms with E-state index < -0.39 is 67.3 Å². The molecule has 1 saturated heterocycles. The van der Waals surface area contributed by atoms with Gasteiger partial charge in [-0.2, -0.15) is 0 Å². The molecule has 0 aromatic carbocycles. The molecule has 6 unspecified atom stereocenters.